The number of rotatable bonds is 8. The summed E-state index contributed by atoms with van der Waals surface area (Å²) in [6.45, 7) is 9.16. The van der Waals surface area contributed by atoms with E-state index < -0.39 is 0 Å². The van der Waals surface area contributed by atoms with E-state index in [1.165, 1.54) is 12.8 Å². The van der Waals surface area contributed by atoms with Crippen LogP contribution in [0.25, 0.3) is 0 Å². The van der Waals surface area contributed by atoms with Crippen LogP contribution in [0.2, 0.25) is 0 Å². The van der Waals surface area contributed by atoms with Gasteiger partial charge in [0.2, 0.25) is 0 Å². The fraction of sp³-hybridized carbons (Fsp3) is 1.00. The van der Waals surface area contributed by atoms with Gasteiger partial charge in [0.25, 0.3) is 0 Å². The predicted octanol–water partition coefficient (Wildman–Crippen LogP) is 1.47. The van der Waals surface area contributed by atoms with Crippen LogP contribution in [-0.4, -0.2) is 43.8 Å². The highest BCUT2D eigenvalue weighted by Crippen LogP contribution is 2.12. The zero-order chi connectivity index (χ0) is 11.0. The number of nitrogens with two attached hydrogens (primary N) is 1. The zero-order valence-corrected chi connectivity index (χ0v) is 10.1. The molecular weight excluding hydrogens is 176 g/mol. The van der Waals surface area contributed by atoms with Crippen molar-refractivity contribution in [3.8, 4) is 0 Å². The largest absolute Gasteiger partial charge is 0.383 e. The molecule has 3 nitrogen and oxygen atoms in total. The third-order valence-corrected chi connectivity index (χ3v) is 2.77. The van der Waals surface area contributed by atoms with Gasteiger partial charge in [0.1, 0.15) is 0 Å². The molecule has 1 atom stereocenters. The van der Waals surface area contributed by atoms with Crippen LogP contribution in [0.1, 0.15) is 33.6 Å². The minimum Gasteiger partial charge on any atom is -0.383 e. The summed E-state index contributed by atoms with van der Waals surface area (Å²) in [6.07, 6.45) is 2.37. The Kier molecular flexibility index (Phi) is 8.14. The third kappa shape index (κ3) is 4.40. The van der Waals surface area contributed by atoms with E-state index in [1.807, 2.05) is 0 Å². The van der Waals surface area contributed by atoms with Crippen molar-refractivity contribution in [1.29, 1.82) is 0 Å². The van der Waals surface area contributed by atoms with Crippen LogP contribution in [-0.2, 0) is 4.74 Å². The molecule has 0 rings (SSSR count). The Hall–Kier alpha value is -0.120. The van der Waals surface area contributed by atoms with Gasteiger partial charge in [-0.15, -0.1) is 0 Å². The minimum absolute atomic E-state index is 0.466. The molecule has 0 saturated carbocycles. The first-order valence-electron chi connectivity index (χ1n) is 5.65. The normalized spacial score (nSPS) is 13.9. The lowest BCUT2D eigenvalue weighted by Crippen LogP contribution is -2.45. The molecule has 0 aliphatic carbocycles. The van der Waals surface area contributed by atoms with Gasteiger partial charge in [-0.2, -0.15) is 0 Å². The van der Waals surface area contributed by atoms with Crippen molar-refractivity contribution in [2.45, 2.75) is 45.7 Å². The summed E-state index contributed by atoms with van der Waals surface area (Å²) in [4.78, 5) is 2.46. The third-order valence-electron chi connectivity index (χ3n) is 2.77. The Morgan fingerprint density at radius 2 is 1.86 bits per heavy atom. The van der Waals surface area contributed by atoms with Gasteiger partial charge in [0, 0.05) is 32.3 Å². The number of nitrogens with zero attached hydrogens (tertiary/aromatic N) is 1. The lowest BCUT2D eigenvalue weighted by Gasteiger charge is -2.35. The Labute approximate surface area is 88.6 Å². The molecule has 86 valence electrons. The van der Waals surface area contributed by atoms with E-state index in [0.717, 1.165) is 19.7 Å². The Morgan fingerprint density at radius 3 is 2.21 bits per heavy atom. The molecule has 2 N–H and O–H groups in total. The minimum atomic E-state index is 0.466. The van der Waals surface area contributed by atoms with Gasteiger partial charge < -0.3 is 10.5 Å². The summed E-state index contributed by atoms with van der Waals surface area (Å²) in [6, 6.07) is 1.11. The molecule has 0 aromatic heterocycles. The highest BCUT2D eigenvalue weighted by atomic mass is 16.5. The average Bonchev–Trinajstić information content (AvgIpc) is 2.18. The smallest absolute Gasteiger partial charge is 0.0615 e. The molecule has 0 heterocycles. The number of hydrogen-bond acceptors (Lipinski definition) is 3. The van der Waals surface area contributed by atoms with Crippen molar-refractivity contribution in [3.05, 3.63) is 0 Å². The average molecular weight is 202 g/mol. The summed E-state index contributed by atoms with van der Waals surface area (Å²) >= 11 is 0. The van der Waals surface area contributed by atoms with Gasteiger partial charge in [0.15, 0.2) is 0 Å². The molecule has 0 fully saturated rings. The first-order chi connectivity index (χ1) is 6.71. The van der Waals surface area contributed by atoms with E-state index in [2.05, 4.69) is 25.7 Å². The maximum atomic E-state index is 5.63. The molecule has 0 saturated heterocycles. The van der Waals surface area contributed by atoms with Gasteiger partial charge in [-0.1, -0.05) is 13.8 Å². The van der Waals surface area contributed by atoms with Crippen molar-refractivity contribution in [2.24, 2.45) is 5.73 Å². The van der Waals surface area contributed by atoms with Crippen LogP contribution < -0.4 is 5.73 Å². The van der Waals surface area contributed by atoms with Gasteiger partial charge in [-0.3, -0.25) is 4.90 Å². The second-order valence-electron chi connectivity index (χ2n) is 3.80. The maximum absolute atomic E-state index is 5.63. The highest BCUT2D eigenvalue weighted by Gasteiger charge is 2.19. The van der Waals surface area contributed by atoms with E-state index in [1.54, 1.807) is 7.11 Å². The van der Waals surface area contributed by atoms with Crippen LogP contribution in [0.3, 0.4) is 0 Å². The van der Waals surface area contributed by atoms with Crippen molar-refractivity contribution >= 4 is 0 Å². The lowest BCUT2D eigenvalue weighted by molar-refractivity contribution is 0.0683. The topological polar surface area (TPSA) is 38.5 Å². The molecule has 0 aromatic rings. The maximum Gasteiger partial charge on any atom is 0.0615 e. The van der Waals surface area contributed by atoms with E-state index in [0.29, 0.717) is 12.1 Å². The van der Waals surface area contributed by atoms with Crippen molar-refractivity contribution in [3.63, 3.8) is 0 Å². The van der Waals surface area contributed by atoms with Crippen LogP contribution >= 0.6 is 0 Å². The van der Waals surface area contributed by atoms with E-state index in [9.17, 15) is 0 Å². The molecule has 0 spiro atoms. The van der Waals surface area contributed by atoms with Crippen LogP contribution in [0, 0.1) is 0 Å². The van der Waals surface area contributed by atoms with Crippen molar-refractivity contribution in [1.82, 2.24) is 4.90 Å². The molecule has 0 aliphatic heterocycles. The fourth-order valence-electron chi connectivity index (χ4n) is 2.01. The van der Waals surface area contributed by atoms with Crippen molar-refractivity contribution < 1.29 is 4.74 Å². The summed E-state index contributed by atoms with van der Waals surface area (Å²) < 4.78 is 5.19. The lowest BCUT2D eigenvalue weighted by atomic mass is 10.1. The predicted molar refractivity (Wildman–Crippen MR) is 61.5 cm³/mol. The molecular formula is C11H26N2O. The number of methoxy groups -OCH3 is 1. The molecule has 0 bridgehead atoms. The Morgan fingerprint density at radius 1 is 1.29 bits per heavy atom. The van der Waals surface area contributed by atoms with Gasteiger partial charge >= 0.3 is 0 Å². The fourth-order valence-corrected chi connectivity index (χ4v) is 2.01. The quantitative estimate of drug-likeness (QED) is 0.648. The summed E-state index contributed by atoms with van der Waals surface area (Å²) in [5.74, 6) is 0. The van der Waals surface area contributed by atoms with E-state index in [-0.39, 0.29) is 0 Å². The first kappa shape index (κ1) is 13.9. The molecule has 1 unspecified atom stereocenters. The molecule has 0 radical (unpaired) electrons. The van der Waals surface area contributed by atoms with Gasteiger partial charge in [-0.05, 0) is 19.8 Å². The standard InChI is InChI=1S/C11H26N2O/c1-5-11(6-2)13(8-7-12)10(3)9-14-4/h10-11H,5-9,12H2,1-4H3. The molecule has 0 amide bonds. The van der Waals surface area contributed by atoms with Crippen molar-refractivity contribution in [2.75, 3.05) is 26.8 Å². The second kappa shape index (κ2) is 8.21. The van der Waals surface area contributed by atoms with Gasteiger partial charge in [-0.25, -0.2) is 0 Å². The number of ether oxygens (including phenoxy) is 1. The summed E-state index contributed by atoms with van der Waals surface area (Å²) in [5.41, 5.74) is 5.63. The first-order valence-corrected chi connectivity index (χ1v) is 5.65. The molecule has 3 heteroatoms. The van der Waals surface area contributed by atoms with E-state index >= 15 is 0 Å². The Bertz CT molecular complexity index is 126. The SMILES string of the molecule is CCC(CC)N(CCN)C(C)COC. The van der Waals surface area contributed by atoms with E-state index in [4.69, 9.17) is 10.5 Å². The van der Waals surface area contributed by atoms with Crippen LogP contribution in [0.15, 0.2) is 0 Å². The van der Waals surface area contributed by atoms with Gasteiger partial charge in [0.05, 0.1) is 6.61 Å². The van der Waals surface area contributed by atoms with Crippen LogP contribution in [0.4, 0.5) is 0 Å². The second-order valence-corrected chi connectivity index (χ2v) is 3.80. The Balaban J connectivity index is 4.23. The molecule has 14 heavy (non-hydrogen) atoms. The summed E-state index contributed by atoms with van der Waals surface area (Å²) in [5, 5.41) is 0. The number of hydrogen-bond donors (Lipinski definition) is 1. The molecule has 0 aliphatic rings. The zero-order valence-electron chi connectivity index (χ0n) is 10.1. The monoisotopic (exact) mass is 202 g/mol. The molecule has 0 aromatic carbocycles. The highest BCUT2D eigenvalue weighted by molar-refractivity contribution is 4.75. The summed E-state index contributed by atoms with van der Waals surface area (Å²) in [7, 11) is 1.75. The van der Waals surface area contributed by atoms with Crippen LogP contribution in [0.5, 0.6) is 0 Å².